The van der Waals surface area contributed by atoms with Crippen LogP contribution in [0, 0.1) is 11.3 Å². The van der Waals surface area contributed by atoms with Gasteiger partial charge in [0, 0.05) is 18.6 Å². The lowest BCUT2D eigenvalue weighted by atomic mass is 9.80. The number of nitrogens with zero attached hydrogens (tertiary/aromatic N) is 1. The van der Waals surface area contributed by atoms with Crippen LogP contribution in [0.4, 0.5) is 0 Å². The molecular formula is C18H30N2. The normalized spacial score (nSPS) is 22.4. The summed E-state index contributed by atoms with van der Waals surface area (Å²) in [7, 11) is 0. The van der Waals surface area contributed by atoms with Crippen molar-refractivity contribution < 1.29 is 0 Å². The molecule has 2 unspecified atom stereocenters. The molecule has 0 aliphatic carbocycles. The fraction of sp³-hybridized carbons (Fsp3) is 0.667. The summed E-state index contributed by atoms with van der Waals surface area (Å²) in [6.45, 7) is 11.6. The molecule has 20 heavy (non-hydrogen) atoms. The molecule has 0 bridgehead atoms. The van der Waals surface area contributed by atoms with Crippen molar-refractivity contribution in [2.75, 3.05) is 13.1 Å². The molecule has 2 N–H and O–H groups in total. The molecule has 0 aromatic heterocycles. The van der Waals surface area contributed by atoms with E-state index >= 15 is 0 Å². The highest BCUT2D eigenvalue weighted by molar-refractivity contribution is 5.20. The summed E-state index contributed by atoms with van der Waals surface area (Å²) in [5.41, 5.74) is 7.89. The maximum atomic E-state index is 6.55. The molecule has 112 valence electrons. The van der Waals surface area contributed by atoms with Crippen LogP contribution in [0.5, 0.6) is 0 Å². The second-order valence-electron chi connectivity index (χ2n) is 7.30. The highest BCUT2D eigenvalue weighted by atomic mass is 15.2. The van der Waals surface area contributed by atoms with E-state index in [9.17, 15) is 0 Å². The molecule has 1 aliphatic heterocycles. The van der Waals surface area contributed by atoms with Crippen molar-refractivity contribution in [2.24, 2.45) is 17.1 Å². The van der Waals surface area contributed by atoms with Crippen molar-refractivity contribution in [3.05, 3.63) is 35.9 Å². The van der Waals surface area contributed by atoms with Gasteiger partial charge in [-0.1, -0.05) is 58.0 Å². The molecule has 1 aliphatic rings. The molecule has 1 fully saturated rings. The summed E-state index contributed by atoms with van der Waals surface area (Å²) in [5.74, 6) is 0.737. The highest BCUT2D eigenvalue weighted by Crippen LogP contribution is 2.35. The van der Waals surface area contributed by atoms with E-state index in [1.807, 2.05) is 0 Å². The van der Waals surface area contributed by atoms with Gasteiger partial charge in [0.25, 0.3) is 0 Å². The van der Waals surface area contributed by atoms with Gasteiger partial charge in [0.2, 0.25) is 0 Å². The lowest BCUT2D eigenvalue weighted by Gasteiger charge is -2.39. The molecule has 2 heteroatoms. The van der Waals surface area contributed by atoms with Gasteiger partial charge in [-0.05, 0) is 36.3 Å². The van der Waals surface area contributed by atoms with Crippen LogP contribution in [0.15, 0.2) is 30.3 Å². The minimum atomic E-state index is 0.0945. The average Bonchev–Trinajstić information content (AvgIpc) is 2.86. The summed E-state index contributed by atoms with van der Waals surface area (Å²) < 4.78 is 0. The summed E-state index contributed by atoms with van der Waals surface area (Å²) >= 11 is 0. The summed E-state index contributed by atoms with van der Waals surface area (Å²) in [6.07, 6.45) is 2.67. The summed E-state index contributed by atoms with van der Waals surface area (Å²) in [4.78, 5) is 2.66. The third-order valence-electron chi connectivity index (χ3n) is 4.79. The van der Waals surface area contributed by atoms with Crippen LogP contribution >= 0.6 is 0 Å². The SMILES string of the molecule is CC(C)C1CCCN1CC(C)(C)C(N)c1ccccc1. The van der Waals surface area contributed by atoms with Gasteiger partial charge in [-0.3, -0.25) is 4.90 Å². The van der Waals surface area contributed by atoms with Crippen molar-refractivity contribution in [3.63, 3.8) is 0 Å². The Balaban J connectivity index is 2.07. The Morgan fingerprint density at radius 3 is 2.50 bits per heavy atom. The lowest BCUT2D eigenvalue weighted by Crippen LogP contribution is -2.44. The van der Waals surface area contributed by atoms with Gasteiger partial charge in [-0.15, -0.1) is 0 Å². The van der Waals surface area contributed by atoms with Gasteiger partial charge in [0.15, 0.2) is 0 Å². The van der Waals surface area contributed by atoms with Crippen LogP contribution in [-0.4, -0.2) is 24.0 Å². The predicted molar refractivity (Wildman–Crippen MR) is 86.6 cm³/mol. The monoisotopic (exact) mass is 274 g/mol. The molecule has 2 atom stereocenters. The van der Waals surface area contributed by atoms with E-state index in [4.69, 9.17) is 5.73 Å². The largest absolute Gasteiger partial charge is 0.323 e. The van der Waals surface area contributed by atoms with E-state index in [-0.39, 0.29) is 11.5 Å². The zero-order valence-electron chi connectivity index (χ0n) is 13.5. The van der Waals surface area contributed by atoms with Crippen molar-refractivity contribution >= 4 is 0 Å². The van der Waals surface area contributed by atoms with E-state index in [0.717, 1.165) is 18.5 Å². The number of hydrogen-bond donors (Lipinski definition) is 1. The smallest absolute Gasteiger partial charge is 0.0359 e. The second kappa shape index (κ2) is 6.28. The van der Waals surface area contributed by atoms with Crippen LogP contribution in [0.25, 0.3) is 0 Å². The zero-order chi connectivity index (χ0) is 14.8. The third kappa shape index (κ3) is 3.42. The zero-order valence-corrected chi connectivity index (χ0v) is 13.5. The van der Waals surface area contributed by atoms with Crippen molar-refractivity contribution in [2.45, 2.75) is 52.6 Å². The molecule has 1 saturated heterocycles. The van der Waals surface area contributed by atoms with E-state index in [2.05, 4.69) is 62.9 Å². The first-order valence-corrected chi connectivity index (χ1v) is 7.96. The molecule has 0 radical (unpaired) electrons. The van der Waals surface area contributed by atoms with Gasteiger partial charge in [0.05, 0.1) is 0 Å². The average molecular weight is 274 g/mol. The Bertz CT molecular complexity index is 411. The minimum Gasteiger partial charge on any atom is -0.323 e. The van der Waals surface area contributed by atoms with E-state index in [1.165, 1.54) is 24.9 Å². The first kappa shape index (κ1) is 15.5. The number of rotatable bonds is 5. The fourth-order valence-corrected chi connectivity index (χ4v) is 3.54. The predicted octanol–water partition coefficient (Wildman–Crippen LogP) is 3.83. The van der Waals surface area contributed by atoms with E-state index in [1.54, 1.807) is 0 Å². The highest BCUT2D eigenvalue weighted by Gasteiger charge is 2.35. The van der Waals surface area contributed by atoms with E-state index < -0.39 is 0 Å². The van der Waals surface area contributed by atoms with Crippen LogP contribution < -0.4 is 5.73 Å². The van der Waals surface area contributed by atoms with Gasteiger partial charge in [-0.2, -0.15) is 0 Å². The summed E-state index contributed by atoms with van der Waals surface area (Å²) in [6, 6.07) is 11.3. The Morgan fingerprint density at radius 2 is 1.90 bits per heavy atom. The molecule has 1 aromatic carbocycles. The third-order valence-corrected chi connectivity index (χ3v) is 4.79. The Kier molecular flexibility index (Phi) is 4.87. The number of nitrogens with two attached hydrogens (primary N) is 1. The first-order chi connectivity index (χ1) is 9.42. The number of benzene rings is 1. The fourth-order valence-electron chi connectivity index (χ4n) is 3.54. The second-order valence-corrected chi connectivity index (χ2v) is 7.30. The van der Waals surface area contributed by atoms with Crippen molar-refractivity contribution in [3.8, 4) is 0 Å². The van der Waals surface area contributed by atoms with Crippen molar-refractivity contribution in [1.29, 1.82) is 0 Å². The number of hydrogen-bond acceptors (Lipinski definition) is 2. The molecule has 2 nitrogen and oxygen atoms in total. The molecule has 0 amide bonds. The molecule has 2 rings (SSSR count). The maximum absolute atomic E-state index is 6.55. The quantitative estimate of drug-likeness (QED) is 0.884. The molecule has 0 spiro atoms. The first-order valence-electron chi connectivity index (χ1n) is 7.96. The Morgan fingerprint density at radius 1 is 1.25 bits per heavy atom. The van der Waals surface area contributed by atoms with Gasteiger partial charge < -0.3 is 5.73 Å². The Labute approximate surface area is 124 Å². The minimum absolute atomic E-state index is 0.0945. The maximum Gasteiger partial charge on any atom is 0.0359 e. The standard InChI is InChI=1S/C18H30N2/c1-14(2)16-11-8-12-20(16)13-18(3,4)17(19)15-9-6-5-7-10-15/h5-7,9-10,14,16-17H,8,11-13,19H2,1-4H3. The van der Waals surface area contributed by atoms with Crippen LogP contribution in [0.1, 0.15) is 52.1 Å². The van der Waals surface area contributed by atoms with Crippen LogP contribution in [0.2, 0.25) is 0 Å². The van der Waals surface area contributed by atoms with Crippen LogP contribution in [0.3, 0.4) is 0 Å². The van der Waals surface area contributed by atoms with Crippen molar-refractivity contribution in [1.82, 2.24) is 4.90 Å². The van der Waals surface area contributed by atoms with Gasteiger partial charge in [0.1, 0.15) is 0 Å². The molecule has 0 saturated carbocycles. The Hall–Kier alpha value is -0.860. The van der Waals surface area contributed by atoms with Gasteiger partial charge in [-0.25, -0.2) is 0 Å². The summed E-state index contributed by atoms with van der Waals surface area (Å²) in [5, 5.41) is 0. The lowest BCUT2D eigenvalue weighted by molar-refractivity contribution is 0.120. The van der Waals surface area contributed by atoms with Crippen LogP contribution in [-0.2, 0) is 0 Å². The molecule has 1 aromatic rings. The molecule has 1 heterocycles. The van der Waals surface area contributed by atoms with Gasteiger partial charge >= 0.3 is 0 Å². The topological polar surface area (TPSA) is 29.3 Å². The molecular weight excluding hydrogens is 244 g/mol. The van der Waals surface area contributed by atoms with E-state index in [0.29, 0.717) is 0 Å². The number of likely N-dealkylation sites (tertiary alicyclic amines) is 1.